The lowest BCUT2D eigenvalue weighted by Gasteiger charge is -2.39. The number of ether oxygens (including phenoxy) is 1. The average molecular weight is 496 g/mol. The number of carbonyl (C=O) groups excluding carboxylic acids is 2. The molecule has 0 unspecified atom stereocenters. The summed E-state index contributed by atoms with van der Waals surface area (Å²) in [6, 6.07) is 17.6. The van der Waals surface area contributed by atoms with Gasteiger partial charge in [0, 0.05) is 42.2 Å². The van der Waals surface area contributed by atoms with Crippen molar-refractivity contribution in [3.63, 3.8) is 0 Å². The summed E-state index contributed by atoms with van der Waals surface area (Å²) in [4.78, 5) is 30.3. The predicted molar refractivity (Wildman–Crippen MR) is 137 cm³/mol. The quantitative estimate of drug-likeness (QED) is 0.466. The zero-order valence-electron chi connectivity index (χ0n) is 20.0. The highest BCUT2D eigenvalue weighted by Crippen LogP contribution is 2.40. The molecular weight excluding hydrogens is 465 g/mol. The Hall–Kier alpha value is -3.23. The number of halogens is 1. The van der Waals surface area contributed by atoms with Gasteiger partial charge in [0.15, 0.2) is 0 Å². The summed E-state index contributed by atoms with van der Waals surface area (Å²) >= 11 is 1.55. The van der Waals surface area contributed by atoms with E-state index in [0.29, 0.717) is 38.3 Å². The fourth-order valence-corrected chi connectivity index (χ4v) is 5.36. The van der Waals surface area contributed by atoms with E-state index < -0.39 is 0 Å². The lowest BCUT2D eigenvalue weighted by atomic mass is 9.97. The molecule has 0 aliphatic carbocycles. The fraction of sp³-hybridized carbons (Fsp3) is 0.333. The average Bonchev–Trinajstić information content (AvgIpc) is 3.27. The number of benzene rings is 2. The van der Waals surface area contributed by atoms with E-state index in [2.05, 4.69) is 23.2 Å². The maximum Gasteiger partial charge on any atom is 0.409 e. The van der Waals surface area contributed by atoms with Gasteiger partial charge in [-0.2, -0.15) is 0 Å². The Labute approximate surface area is 209 Å². The summed E-state index contributed by atoms with van der Waals surface area (Å²) < 4.78 is 19.5. The number of amides is 2. The molecule has 2 amide bonds. The van der Waals surface area contributed by atoms with Gasteiger partial charge in [-0.15, -0.1) is 11.3 Å². The van der Waals surface area contributed by atoms with E-state index >= 15 is 0 Å². The van der Waals surface area contributed by atoms with Gasteiger partial charge in [-0.1, -0.05) is 37.3 Å². The van der Waals surface area contributed by atoms with Gasteiger partial charge in [-0.25, -0.2) is 9.18 Å². The number of aryl methyl sites for hydroxylation is 1. The van der Waals surface area contributed by atoms with Crippen molar-refractivity contribution in [2.24, 2.45) is 0 Å². The zero-order valence-corrected chi connectivity index (χ0v) is 20.8. The fourth-order valence-electron chi connectivity index (χ4n) is 4.34. The zero-order chi connectivity index (χ0) is 24.8. The first-order chi connectivity index (χ1) is 17.0. The van der Waals surface area contributed by atoms with E-state index in [-0.39, 0.29) is 23.9 Å². The van der Waals surface area contributed by atoms with Crippen LogP contribution in [0.15, 0.2) is 60.7 Å². The highest BCUT2D eigenvalue weighted by atomic mass is 32.1. The minimum atomic E-state index is -0.311. The third-order valence-electron chi connectivity index (χ3n) is 6.09. The molecule has 3 aromatic rings. The largest absolute Gasteiger partial charge is 0.450 e. The molecule has 0 radical (unpaired) electrons. The molecule has 8 heteroatoms. The van der Waals surface area contributed by atoms with E-state index in [1.807, 2.05) is 24.3 Å². The van der Waals surface area contributed by atoms with E-state index in [1.54, 1.807) is 47.4 Å². The van der Waals surface area contributed by atoms with Gasteiger partial charge in [0.25, 0.3) is 5.91 Å². The molecule has 1 N–H and O–H groups in total. The number of nitrogens with zero attached hydrogens (tertiary/aromatic N) is 2. The number of hydrogen-bond acceptors (Lipinski definition) is 5. The Kier molecular flexibility index (Phi) is 8.15. The first-order valence-corrected chi connectivity index (χ1v) is 12.7. The van der Waals surface area contributed by atoms with Crippen LogP contribution in [0.1, 0.15) is 46.3 Å². The predicted octanol–water partition coefficient (Wildman–Crippen LogP) is 5.57. The van der Waals surface area contributed by atoms with Gasteiger partial charge < -0.3 is 15.0 Å². The summed E-state index contributed by atoms with van der Waals surface area (Å²) in [6.45, 7) is 6.44. The Balaban J connectivity index is 1.67. The van der Waals surface area contributed by atoms with Crippen molar-refractivity contribution in [2.45, 2.75) is 26.3 Å². The van der Waals surface area contributed by atoms with Crippen molar-refractivity contribution in [2.75, 3.05) is 38.1 Å². The van der Waals surface area contributed by atoms with Crippen molar-refractivity contribution in [3.05, 3.63) is 88.0 Å². The monoisotopic (exact) mass is 495 g/mol. The molecule has 6 nitrogen and oxygen atoms in total. The lowest BCUT2D eigenvalue weighted by Crippen LogP contribution is -2.50. The summed E-state index contributed by atoms with van der Waals surface area (Å²) in [5.41, 5.74) is 2.33. The molecule has 0 saturated carbocycles. The second-order valence-corrected chi connectivity index (χ2v) is 9.49. The molecular formula is C27H30FN3O3S. The summed E-state index contributed by atoms with van der Waals surface area (Å²) in [6.07, 6.45) is 0.514. The SMILES string of the molecule is CCOC(=O)N1CCN([C@@H](c2cccc(F)c2)c2cc(CC)sc2NC(=O)c2ccccc2)CC1. The number of carbonyl (C=O) groups is 2. The van der Waals surface area contributed by atoms with E-state index in [9.17, 15) is 14.0 Å². The number of anilines is 1. The molecule has 4 rings (SSSR count). The maximum absolute atomic E-state index is 14.3. The molecule has 2 heterocycles. The smallest absolute Gasteiger partial charge is 0.409 e. The lowest BCUT2D eigenvalue weighted by molar-refractivity contribution is 0.0715. The van der Waals surface area contributed by atoms with Crippen LogP contribution in [-0.2, 0) is 11.2 Å². The van der Waals surface area contributed by atoms with Gasteiger partial charge in [-0.05, 0) is 49.2 Å². The molecule has 1 aromatic heterocycles. The molecule has 0 spiro atoms. The highest BCUT2D eigenvalue weighted by Gasteiger charge is 2.31. The standard InChI is InChI=1S/C27H30FN3O3S/c1-3-22-18-23(26(35-22)29-25(32)19-9-6-5-7-10-19)24(20-11-8-12-21(28)17-20)30-13-15-31(16-14-30)27(33)34-4-2/h5-12,17-18,24H,3-4,13-16H2,1-2H3,(H,29,32)/t24-/m0/s1. The minimum absolute atomic E-state index is 0.179. The van der Waals surface area contributed by atoms with Crippen molar-refractivity contribution in [3.8, 4) is 0 Å². The van der Waals surface area contributed by atoms with Gasteiger partial charge in [0.05, 0.1) is 12.6 Å². The van der Waals surface area contributed by atoms with Crippen LogP contribution in [0.25, 0.3) is 0 Å². The Morgan fingerprint density at radius 1 is 1.03 bits per heavy atom. The molecule has 1 saturated heterocycles. The normalized spacial score (nSPS) is 15.0. The molecule has 2 aromatic carbocycles. The molecule has 0 bridgehead atoms. The van der Waals surface area contributed by atoms with Crippen LogP contribution in [0.2, 0.25) is 0 Å². The van der Waals surface area contributed by atoms with Gasteiger partial charge >= 0.3 is 6.09 Å². The third kappa shape index (κ3) is 5.89. The molecule has 35 heavy (non-hydrogen) atoms. The van der Waals surface area contributed by atoms with E-state index in [0.717, 1.165) is 27.4 Å². The van der Waals surface area contributed by atoms with Crippen molar-refractivity contribution < 1.29 is 18.7 Å². The first-order valence-electron chi connectivity index (χ1n) is 11.9. The summed E-state index contributed by atoms with van der Waals surface area (Å²) in [5.74, 6) is -0.486. The first kappa shape index (κ1) is 24.9. The number of thiophene rings is 1. The highest BCUT2D eigenvalue weighted by molar-refractivity contribution is 7.16. The molecule has 1 aliphatic rings. The molecule has 1 aliphatic heterocycles. The van der Waals surface area contributed by atoms with Gasteiger partial charge in [-0.3, -0.25) is 9.69 Å². The van der Waals surface area contributed by atoms with Crippen LogP contribution in [0.4, 0.5) is 14.2 Å². The Bertz CT molecular complexity index is 1160. The van der Waals surface area contributed by atoms with Crippen LogP contribution in [0.3, 0.4) is 0 Å². The van der Waals surface area contributed by atoms with Crippen LogP contribution in [0, 0.1) is 5.82 Å². The van der Waals surface area contributed by atoms with Gasteiger partial charge in [0.1, 0.15) is 10.8 Å². The molecule has 1 fully saturated rings. The summed E-state index contributed by atoms with van der Waals surface area (Å²) in [7, 11) is 0. The molecule has 184 valence electrons. The van der Waals surface area contributed by atoms with Crippen LogP contribution >= 0.6 is 11.3 Å². The number of nitrogens with one attached hydrogen (secondary N) is 1. The van der Waals surface area contributed by atoms with E-state index in [4.69, 9.17) is 4.74 Å². The Morgan fingerprint density at radius 2 is 1.77 bits per heavy atom. The summed E-state index contributed by atoms with van der Waals surface area (Å²) in [5, 5.41) is 3.87. The minimum Gasteiger partial charge on any atom is -0.450 e. The Morgan fingerprint density at radius 3 is 2.43 bits per heavy atom. The molecule has 1 atom stereocenters. The van der Waals surface area contributed by atoms with E-state index in [1.165, 1.54) is 6.07 Å². The van der Waals surface area contributed by atoms with Crippen molar-refractivity contribution in [1.82, 2.24) is 9.80 Å². The van der Waals surface area contributed by atoms with Crippen molar-refractivity contribution in [1.29, 1.82) is 0 Å². The number of rotatable bonds is 7. The topological polar surface area (TPSA) is 61.9 Å². The second kappa shape index (κ2) is 11.5. The van der Waals surface area contributed by atoms with Crippen LogP contribution in [-0.4, -0.2) is 54.6 Å². The number of hydrogen-bond donors (Lipinski definition) is 1. The van der Waals surface area contributed by atoms with Crippen molar-refractivity contribution >= 4 is 28.3 Å². The van der Waals surface area contributed by atoms with Crippen LogP contribution < -0.4 is 5.32 Å². The van der Waals surface area contributed by atoms with Crippen LogP contribution in [0.5, 0.6) is 0 Å². The second-order valence-electron chi connectivity index (χ2n) is 8.35. The maximum atomic E-state index is 14.3. The third-order valence-corrected chi connectivity index (χ3v) is 7.30. The number of piperazine rings is 1. The van der Waals surface area contributed by atoms with Gasteiger partial charge in [0.2, 0.25) is 0 Å².